The summed E-state index contributed by atoms with van der Waals surface area (Å²) in [4.78, 5) is 26.0. The van der Waals surface area contributed by atoms with E-state index in [2.05, 4.69) is 61.4 Å². The van der Waals surface area contributed by atoms with Crippen LogP contribution < -0.4 is 11.2 Å². The van der Waals surface area contributed by atoms with E-state index < -0.39 is 20.2 Å². The van der Waals surface area contributed by atoms with Gasteiger partial charge in [0.05, 0.1) is 12.2 Å². The summed E-state index contributed by atoms with van der Waals surface area (Å²) < 4.78 is 14.9. The third-order valence-electron chi connectivity index (χ3n) is 5.04. The van der Waals surface area contributed by atoms with Crippen LogP contribution >= 0.6 is 22.6 Å². The van der Waals surface area contributed by atoms with Crippen LogP contribution in [0.4, 0.5) is 0 Å². The van der Waals surface area contributed by atoms with Crippen LogP contribution in [-0.2, 0) is 9.16 Å². The van der Waals surface area contributed by atoms with E-state index in [9.17, 15) is 9.59 Å². The van der Waals surface area contributed by atoms with Gasteiger partial charge in [-0.25, -0.2) is 4.79 Å². The monoisotopic (exact) mass is 466 g/mol. The zero-order valence-electron chi connectivity index (χ0n) is 15.2. The number of hydrogen-bond acceptors (Lipinski definition) is 4. The molecule has 24 heavy (non-hydrogen) atoms. The van der Waals surface area contributed by atoms with E-state index >= 15 is 0 Å². The summed E-state index contributed by atoms with van der Waals surface area (Å²) >= 11 is 2.29. The maximum atomic E-state index is 12.1. The van der Waals surface area contributed by atoms with E-state index in [1.807, 2.05) is 0 Å². The van der Waals surface area contributed by atoms with Gasteiger partial charge in [0.1, 0.15) is 6.23 Å². The number of nitrogens with one attached hydrogen (secondary N) is 1. The second kappa shape index (κ2) is 7.04. The Balaban J connectivity index is 2.25. The third kappa shape index (κ3) is 4.02. The van der Waals surface area contributed by atoms with Crippen molar-refractivity contribution < 1.29 is 9.16 Å². The van der Waals surface area contributed by atoms with Crippen molar-refractivity contribution in [2.24, 2.45) is 0 Å². The summed E-state index contributed by atoms with van der Waals surface area (Å²) in [6.07, 6.45) is 1.70. The number of hydrogen-bond donors (Lipinski definition) is 1. The molecule has 0 aliphatic carbocycles. The van der Waals surface area contributed by atoms with Gasteiger partial charge in [0, 0.05) is 22.6 Å². The molecule has 6 nitrogen and oxygen atoms in total. The molecule has 0 spiro atoms. The van der Waals surface area contributed by atoms with Crippen molar-refractivity contribution in [2.45, 2.75) is 70.7 Å². The van der Waals surface area contributed by atoms with Gasteiger partial charge in [-0.3, -0.25) is 14.3 Å². The molecule has 1 aromatic heterocycles. The van der Waals surface area contributed by atoms with Crippen molar-refractivity contribution in [1.82, 2.24) is 9.55 Å². The lowest BCUT2D eigenvalue weighted by atomic mass is 10.2. The molecule has 1 fully saturated rings. The van der Waals surface area contributed by atoms with Crippen LogP contribution in [0.15, 0.2) is 15.8 Å². The van der Waals surface area contributed by atoms with Gasteiger partial charge in [-0.2, -0.15) is 0 Å². The molecule has 2 heterocycles. The fraction of sp³-hybridized carbons (Fsp3) is 0.750. The summed E-state index contributed by atoms with van der Waals surface area (Å²) in [7, 11) is -1.92. The lowest BCUT2D eigenvalue weighted by Crippen LogP contribution is -2.46. The minimum atomic E-state index is -1.92. The van der Waals surface area contributed by atoms with Gasteiger partial charge in [0.15, 0.2) is 8.32 Å². The highest BCUT2D eigenvalue weighted by Gasteiger charge is 2.44. The number of aromatic nitrogens is 2. The lowest BCUT2D eigenvalue weighted by molar-refractivity contribution is -0.00440. The molecule has 1 aliphatic rings. The highest BCUT2D eigenvalue weighted by molar-refractivity contribution is 14.1. The van der Waals surface area contributed by atoms with Crippen LogP contribution in [0.25, 0.3) is 0 Å². The fourth-order valence-electron chi connectivity index (χ4n) is 2.49. The van der Waals surface area contributed by atoms with Gasteiger partial charge in [-0.1, -0.05) is 43.4 Å². The van der Waals surface area contributed by atoms with Crippen molar-refractivity contribution in [1.29, 1.82) is 0 Å². The Morgan fingerprint density at radius 3 is 2.58 bits per heavy atom. The van der Waals surface area contributed by atoms with Crippen molar-refractivity contribution in [2.75, 3.05) is 4.43 Å². The molecule has 0 aromatic carbocycles. The Kier molecular flexibility index (Phi) is 5.83. The summed E-state index contributed by atoms with van der Waals surface area (Å²) in [5.41, 5.74) is -0.289. The Labute approximate surface area is 157 Å². The zero-order valence-corrected chi connectivity index (χ0v) is 18.3. The molecular formula is C16H27IN2O4Si. The number of H-pyrrole nitrogens is 1. The molecule has 0 radical (unpaired) electrons. The summed E-state index contributed by atoms with van der Waals surface area (Å²) in [6.45, 7) is 12.8. The molecule has 3 atom stereocenters. The van der Waals surface area contributed by atoms with Crippen molar-refractivity contribution >= 4 is 30.9 Å². The average molecular weight is 466 g/mol. The molecule has 0 saturated carbocycles. The lowest BCUT2D eigenvalue weighted by Gasteiger charge is -2.39. The van der Waals surface area contributed by atoms with Crippen LogP contribution in [0.3, 0.4) is 0 Å². The Morgan fingerprint density at radius 2 is 2.04 bits per heavy atom. The molecular weight excluding hydrogens is 439 g/mol. The number of aryl methyl sites for hydroxylation is 1. The molecule has 1 N–H and O–H groups in total. The number of ether oxygens (including phenoxy) is 1. The smallest absolute Gasteiger partial charge is 0.330 e. The third-order valence-corrected chi connectivity index (χ3v) is 10.4. The predicted molar refractivity (Wildman–Crippen MR) is 106 cm³/mol. The van der Waals surface area contributed by atoms with Crippen molar-refractivity contribution in [3.63, 3.8) is 0 Å². The number of nitrogens with zero attached hydrogens (tertiary/aromatic N) is 1. The second-order valence-electron chi connectivity index (χ2n) is 7.91. The molecule has 0 unspecified atom stereocenters. The number of rotatable bonds is 4. The first-order chi connectivity index (χ1) is 11.0. The second-order valence-corrected chi connectivity index (χ2v) is 13.6. The standard InChI is InChI=1S/C16H27IN2O4Si/c1-10-9-19(15(21)18-14(10)20)13-7-11(12(8-17)22-13)23-24(5,6)16(2,3)4/h9,11-13H,7-8H2,1-6H3,(H,18,20,21)/t11-,12-,13-/m1/s1. The normalized spacial score (nSPS) is 25.2. The van der Waals surface area contributed by atoms with E-state index in [1.165, 1.54) is 4.57 Å². The topological polar surface area (TPSA) is 73.3 Å². The Bertz CT molecular complexity index is 707. The van der Waals surface area contributed by atoms with E-state index in [0.717, 1.165) is 4.43 Å². The van der Waals surface area contributed by atoms with Gasteiger partial charge < -0.3 is 9.16 Å². The first-order valence-electron chi connectivity index (χ1n) is 8.17. The maximum Gasteiger partial charge on any atom is 0.330 e. The van der Waals surface area contributed by atoms with E-state index in [-0.39, 0.29) is 22.8 Å². The fourth-order valence-corrected chi connectivity index (χ4v) is 4.62. The number of aromatic amines is 1. The SMILES string of the molecule is Cc1cn([C@H]2C[C@@H](O[Si](C)(C)C(C)(C)C)[C@@H](CI)O2)c(=O)[nH]c1=O. The molecule has 0 bridgehead atoms. The maximum absolute atomic E-state index is 12.1. The largest absolute Gasteiger partial charge is 0.411 e. The summed E-state index contributed by atoms with van der Waals surface area (Å²) in [6, 6.07) is 0. The van der Waals surface area contributed by atoms with Crippen LogP contribution in [0, 0.1) is 6.92 Å². The average Bonchev–Trinajstić information content (AvgIpc) is 2.83. The van der Waals surface area contributed by atoms with E-state index in [0.29, 0.717) is 12.0 Å². The zero-order chi connectivity index (χ0) is 18.3. The van der Waals surface area contributed by atoms with Crippen LogP contribution in [0.5, 0.6) is 0 Å². The molecule has 1 aromatic rings. The van der Waals surface area contributed by atoms with Crippen molar-refractivity contribution in [3.05, 3.63) is 32.6 Å². The highest BCUT2D eigenvalue weighted by Crippen LogP contribution is 2.41. The Morgan fingerprint density at radius 1 is 1.42 bits per heavy atom. The number of alkyl halides is 1. The summed E-state index contributed by atoms with van der Waals surface area (Å²) in [5, 5.41) is 0.117. The first-order valence-corrected chi connectivity index (χ1v) is 12.6. The number of halogens is 1. The van der Waals surface area contributed by atoms with Gasteiger partial charge in [0.25, 0.3) is 5.56 Å². The minimum Gasteiger partial charge on any atom is -0.411 e. The van der Waals surface area contributed by atoms with Crippen LogP contribution in [0.1, 0.15) is 39.0 Å². The van der Waals surface area contributed by atoms with Gasteiger partial charge in [-0.05, 0) is 25.1 Å². The molecule has 136 valence electrons. The van der Waals surface area contributed by atoms with Gasteiger partial charge in [-0.15, -0.1) is 0 Å². The van der Waals surface area contributed by atoms with Crippen molar-refractivity contribution in [3.8, 4) is 0 Å². The Hall–Kier alpha value is -0.453. The molecule has 1 saturated heterocycles. The predicted octanol–water partition coefficient (Wildman–Crippen LogP) is 2.96. The van der Waals surface area contributed by atoms with Crippen LogP contribution in [0.2, 0.25) is 18.1 Å². The van der Waals surface area contributed by atoms with E-state index in [4.69, 9.17) is 9.16 Å². The molecule has 8 heteroatoms. The first kappa shape index (κ1) is 19.9. The van der Waals surface area contributed by atoms with Crippen LogP contribution in [-0.4, -0.2) is 34.5 Å². The molecule has 1 aliphatic heterocycles. The quantitative estimate of drug-likeness (QED) is 0.421. The molecule has 0 amide bonds. The van der Waals surface area contributed by atoms with Gasteiger partial charge >= 0.3 is 5.69 Å². The van der Waals surface area contributed by atoms with Gasteiger partial charge in [0.2, 0.25) is 0 Å². The minimum absolute atomic E-state index is 0.0353. The summed E-state index contributed by atoms with van der Waals surface area (Å²) in [5.74, 6) is 0. The molecule has 2 rings (SSSR count). The highest BCUT2D eigenvalue weighted by atomic mass is 127. The van der Waals surface area contributed by atoms with E-state index in [1.54, 1.807) is 13.1 Å².